The summed E-state index contributed by atoms with van der Waals surface area (Å²) < 4.78 is 21.9. The summed E-state index contributed by atoms with van der Waals surface area (Å²) in [6.07, 6.45) is 2.67. The molecule has 2 aromatic rings. The average molecular weight is 307 g/mol. The zero-order valence-electron chi connectivity index (χ0n) is 11.7. The van der Waals surface area contributed by atoms with Gasteiger partial charge in [0.25, 0.3) is 0 Å². The topological polar surface area (TPSA) is 33.2 Å². The van der Waals surface area contributed by atoms with Gasteiger partial charge in [0, 0.05) is 12.6 Å². The lowest BCUT2D eigenvalue weighted by atomic mass is 10.2. The van der Waals surface area contributed by atoms with E-state index < -0.39 is 0 Å². The molecule has 0 aliphatic carbocycles. The molecule has 1 N–H and O–H groups in total. The summed E-state index contributed by atoms with van der Waals surface area (Å²) >= 11 is 5.37. The fourth-order valence-electron chi connectivity index (χ4n) is 3.52. The summed E-state index contributed by atoms with van der Waals surface area (Å²) in [7, 11) is 0. The minimum Gasteiger partial charge on any atom is -0.373 e. The van der Waals surface area contributed by atoms with Crippen molar-refractivity contribution in [1.82, 2.24) is 14.5 Å². The lowest BCUT2D eigenvalue weighted by molar-refractivity contribution is -0.0548. The quantitative estimate of drug-likeness (QED) is 0.866. The van der Waals surface area contributed by atoms with Gasteiger partial charge in [-0.25, -0.2) is 4.39 Å². The Morgan fingerprint density at radius 2 is 2.33 bits per heavy atom. The average Bonchev–Trinajstić information content (AvgIpc) is 3.03. The smallest absolute Gasteiger partial charge is 0.178 e. The molecule has 2 fully saturated rings. The van der Waals surface area contributed by atoms with E-state index in [1.165, 1.54) is 31.5 Å². The normalized spacial score (nSPS) is 26.3. The van der Waals surface area contributed by atoms with Crippen molar-refractivity contribution in [2.75, 3.05) is 19.7 Å². The molecule has 6 heteroatoms. The van der Waals surface area contributed by atoms with Crippen molar-refractivity contribution < 1.29 is 9.13 Å². The molecule has 2 aliphatic heterocycles. The predicted molar refractivity (Wildman–Crippen MR) is 81.4 cm³/mol. The molecule has 0 bridgehead atoms. The summed E-state index contributed by atoms with van der Waals surface area (Å²) in [5.74, 6) is -0.250. The Labute approximate surface area is 127 Å². The largest absolute Gasteiger partial charge is 0.373 e. The third-order valence-electron chi connectivity index (χ3n) is 4.58. The van der Waals surface area contributed by atoms with Gasteiger partial charge in [0.15, 0.2) is 4.77 Å². The summed E-state index contributed by atoms with van der Waals surface area (Å²) in [6, 6.07) is 5.34. The number of imidazole rings is 1. The predicted octanol–water partition coefficient (Wildman–Crippen LogP) is 2.70. The second-order valence-corrected chi connectivity index (χ2v) is 6.34. The molecule has 112 valence electrons. The number of aromatic nitrogens is 2. The molecule has 2 saturated heterocycles. The van der Waals surface area contributed by atoms with Gasteiger partial charge in [-0.2, -0.15) is 0 Å². The number of rotatable bonds is 2. The molecule has 4 rings (SSSR count). The van der Waals surface area contributed by atoms with E-state index >= 15 is 0 Å². The van der Waals surface area contributed by atoms with Gasteiger partial charge in [-0.05, 0) is 49.8 Å². The molecule has 3 heterocycles. The van der Waals surface area contributed by atoms with Gasteiger partial charge in [0.1, 0.15) is 5.82 Å². The van der Waals surface area contributed by atoms with Crippen LogP contribution in [0.4, 0.5) is 4.39 Å². The maximum absolute atomic E-state index is 13.3. The molecule has 2 unspecified atom stereocenters. The monoisotopic (exact) mass is 307 g/mol. The van der Waals surface area contributed by atoms with E-state index in [-0.39, 0.29) is 11.9 Å². The van der Waals surface area contributed by atoms with Crippen molar-refractivity contribution >= 4 is 23.3 Å². The standard InChI is InChI=1S/C15H18FN3OS/c16-10-3-4-14-13(6-10)17-15(21)19(14)8-12-7-18-5-1-2-11(18)9-20-12/h3-4,6,11-12H,1-2,5,7-9H2,(H,17,21). The number of hydrogen-bond acceptors (Lipinski definition) is 3. The van der Waals surface area contributed by atoms with Crippen LogP contribution >= 0.6 is 12.2 Å². The van der Waals surface area contributed by atoms with Crippen molar-refractivity contribution in [3.05, 3.63) is 28.8 Å². The minimum atomic E-state index is -0.250. The summed E-state index contributed by atoms with van der Waals surface area (Å²) in [4.78, 5) is 5.59. The zero-order chi connectivity index (χ0) is 14.4. The molecule has 0 radical (unpaired) electrons. The maximum Gasteiger partial charge on any atom is 0.178 e. The van der Waals surface area contributed by atoms with Gasteiger partial charge in [-0.15, -0.1) is 0 Å². The van der Waals surface area contributed by atoms with E-state index in [9.17, 15) is 4.39 Å². The number of hydrogen-bond donors (Lipinski definition) is 1. The highest BCUT2D eigenvalue weighted by atomic mass is 32.1. The zero-order valence-corrected chi connectivity index (χ0v) is 12.5. The molecule has 2 atom stereocenters. The molecule has 2 aliphatic rings. The van der Waals surface area contributed by atoms with Gasteiger partial charge in [0.2, 0.25) is 0 Å². The van der Waals surface area contributed by atoms with Crippen LogP contribution in [-0.2, 0) is 11.3 Å². The molecule has 0 saturated carbocycles. The van der Waals surface area contributed by atoms with E-state index in [4.69, 9.17) is 17.0 Å². The number of morpholine rings is 1. The fourth-order valence-corrected chi connectivity index (χ4v) is 3.80. The third kappa shape index (κ3) is 2.41. The van der Waals surface area contributed by atoms with Crippen molar-refractivity contribution in [3.8, 4) is 0 Å². The summed E-state index contributed by atoms with van der Waals surface area (Å²) in [5.41, 5.74) is 1.68. The van der Waals surface area contributed by atoms with Crippen LogP contribution in [-0.4, -0.2) is 46.3 Å². The van der Waals surface area contributed by atoms with Crippen LogP contribution < -0.4 is 0 Å². The molecular weight excluding hydrogens is 289 g/mol. The van der Waals surface area contributed by atoms with Gasteiger partial charge < -0.3 is 14.3 Å². The van der Waals surface area contributed by atoms with Gasteiger partial charge in [0.05, 0.1) is 30.3 Å². The highest BCUT2D eigenvalue weighted by molar-refractivity contribution is 7.71. The highest BCUT2D eigenvalue weighted by Crippen LogP contribution is 2.24. The second kappa shape index (κ2) is 5.19. The number of fused-ring (bicyclic) bond motifs is 2. The Hall–Kier alpha value is -1.24. The van der Waals surface area contributed by atoms with Crippen LogP contribution in [0.15, 0.2) is 18.2 Å². The third-order valence-corrected chi connectivity index (χ3v) is 4.91. The van der Waals surface area contributed by atoms with E-state index in [0.717, 1.165) is 24.2 Å². The first-order chi connectivity index (χ1) is 10.2. The molecule has 21 heavy (non-hydrogen) atoms. The van der Waals surface area contributed by atoms with Crippen LogP contribution in [0.25, 0.3) is 11.0 Å². The highest BCUT2D eigenvalue weighted by Gasteiger charge is 2.32. The number of ether oxygens (including phenoxy) is 1. The first-order valence-corrected chi connectivity index (χ1v) is 7.85. The fraction of sp³-hybridized carbons (Fsp3) is 0.533. The first kappa shape index (κ1) is 13.4. The van der Waals surface area contributed by atoms with Gasteiger partial charge in [-0.1, -0.05) is 0 Å². The van der Waals surface area contributed by atoms with Crippen LogP contribution in [0.5, 0.6) is 0 Å². The van der Waals surface area contributed by atoms with Gasteiger partial charge >= 0.3 is 0 Å². The molecular formula is C15H18FN3OS. The Kier molecular flexibility index (Phi) is 3.32. The van der Waals surface area contributed by atoms with Crippen LogP contribution in [0.3, 0.4) is 0 Å². The Bertz CT molecular complexity index is 725. The van der Waals surface area contributed by atoms with E-state index in [0.29, 0.717) is 17.4 Å². The lowest BCUT2D eigenvalue weighted by Crippen LogP contribution is -2.47. The van der Waals surface area contributed by atoms with E-state index in [2.05, 4.69) is 9.88 Å². The van der Waals surface area contributed by atoms with Crippen molar-refractivity contribution in [2.45, 2.75) is 31.5 Å². The molecule has 0 amide bonds. The second-order valence-electron chi connectivity index (χ2n) is 5.95. The van der Waals surface area contributed by atoms with Crippen LogP contribution in [0.1, 0.15) is 12.8 Å². The number of aromatic amines is 1. The molecule has 1 aromatic carbocycles. The first-order valence-electron chi connectivity index (χ1n) is 7.44. The molecule has 4 nitrogen and oxygen atoms in total. The van der Waals surface area contributed by atoms with Crippen molar-refractivity contribution in [3.63, 3.8) is 0 Å². The van der Waals surface area contributed by atoms with Crippen LogP contribution in [0, 0.1) is 10.6 Å². The van der Waals surface area contributed by atoms with Crippen LogP contribution in [0.2, 0.25) is 0 Å². The summed E-state index contributed by atoms with van der Waals surface area (Å²) in [6.45, 7) is 3.66. The minimum absolute atomic E-state index is 0.148. The Morgan fingerprint density at radius 1 is 1.43 bits per heavy atom. The summed E-state index contributed by atoms with van der Waals surface area (Å²) in [5, 5.41) is 0. The maximum atomic E-state index is 13.3. The number of nitrogens with one attached hydrogen (secondary N) is 1. The van der Waals surface area contributed by atoms with Crippen molar-refractivity contribution in [1.29, 1.82) is 0 Å². The SMILES string of the molecule is Fc1ccc2c(c1)[nH]c(=S)n2CC1CN2CCCC2CO1. The number of H-pyrrole nitrogens is 1. The van der Waals surface area contributed by atoms with Crippen molar-refractivity contribution in [2.24, 2.45) is 0 Å². The molecule has 0 spiro atoms. The van der Waals surface area contributed by atoms with E-state index in [1.807, 2.05) is 4.57 Å². The lowest BCUT2D eigenvalue weighted by Gasteiger charge is -2.35. The number of halogens is 1. The van der Waals surface area contributed by atoms with E-state index in [1.54, 1.807) is 6.07 Å². The van der Waals surface area contributed by atoms with Gasteiger partial charge in [-0.3, -0.25) is 4.90 Å². The number of benzene rings is 1. The number of nitrogens with zero attached hydrogens (tertiary/aromatic N) is 2. The Balaban J connectivity index is 1.59. The molecule has 1 aromatic heterocycles. The Morgan fingerprint density at radius 3 is 3.24 bits per heavy atom.